The van der Waals surface area contributed by atoms with Gasteiger partial charge in [0.25, 0.3) is 0 Å². The molecule has 102 valence electrons. The van der Waals surface area contributed by atoms with Crippen molar-refractivity contribution in [3.63, 3.8) is 0 Å². The molecular weight excluding hydrogens is 253 g/mol. The largest absolute Gasteiger partial charge is 0.502 e. The molecule has 0 fully saturated rings. The Balaban J connectivity index is 3.43. The lowest BCUT2D eigenvalue weighted by atomic mass is 9.94. The summed E-state index contributed by atoms with van der Waals surface area (Å²) in [5.74, 6) is -0.857. The molecule has 4 nitrogen and oxygen atoms in total. The number of phenolic OH excluding ortho intramolecular Hbond substituents is 1. The maximum absolute atomic E-state index is 12.7. The van der Waals surface area contributed by atoms with E-state index in [2.05, 4.69) is 0 Å². The quantitative estimate of drug-likeness (QED) is 0.880. The molecule has 0 aliphatic carbocycles. The fourth-order valence-electron chi connectivity index (χ4n) is 1.34. The minimum absolute atomic E-state index is 0.214. The van der Waals surface area contributed by atoms with Crippen LogP contribution in [0.2, 0.25) is 0 Å². The number of hydrogen-bond acceptors (Lipinski definition) is 4. The highest BCUT2D eigenvalue weighted by molar-refractivity contribution is 5.54. The van der Waals surface area contributed by atoms with E-state index in [-0.39, 0.29) is 11.5 Å². The van der Waals surface area contributed by atoms with Crippen LogP contribution in [-0.2, 0) is 5.60 Å². The van der Waals surface area contributed by atoms with Crippen molar-refractivity contribution in [3.8, 4) is 17.2 Å². The van der Waals surface area contributed by atoms with Gasteiger partial charge in [0.1, 0.15) is 0 Å². The van der Waals surface area contributed by atoms with Gasteiger partial charge in [0, 0.05) is 0 Å². The van der Waals surface area contributed by atoms with Gasteiger partial charge in [0.15, 0.2) is 17.1 Å². The summed E-state index contributed by atoms with van der Waals surface area (Å²) < 4.78 is 47.5. The average molecular weight is 266 g/mol. The molecule has 0 heterocycles. The van der Waals surface area contributed by atoms with Crippen molar-refractivity contribution >= 4 is 0 Å². The minimum atomic E-state index is -4.86. The molecule has 7 heteroatoms. The third kappa shape index (κ3) is 2.31. The van der Waals surface area contributed by atoms with Crippen LogP contribution in [0.25, 0.3) is 0 Å². The topological polar surface area (TPSA) is 58.9 Å². The Labute approximate surface area is 102 Å². The van der Waals surface area contributed by atoms with E-state index in [0.29, 0.717) is 6.92 Å². The van der Waals surface area contributed by atoms with Crippen LogP contribution >= 0.6 is 0 Å². The summed E-state index contributed by atoms with van der Waals surface area (Å²) in [5, 5.41) is 19.1. The molecule has 0 saturated heterocycles. The predicted octanol–water partition coefficient (Wildman–Crippen LogP) is 2.18. The molecule has 1 unspecified atom stereocenters. The van der Waals surface area contributed by atoms with E-state index < -0.39 is 23.1 Å². The highest BCUT2D eigenvalue weighted by Gasteiger charge is 2.51. The number of methoxy groups -OCH3 is 2. The normalized spacial score (nSPS) is 15.1. The summed E-state index contributed by atoms with van der Waals surface area (Å²) in [7, 11) is 2.36. The number of ether oxygens (including phenoxy) is 2. The van der Waals surface area contributed by atoms with Gasteiger partial charge in [-0.05, 0) is 24.6 Å². The first kappa shape index (κ1) is 14.4. The molecule has 0 aliphatic rings. The zero-order chi connectivity index (χ0) is 14.1. The minimum Gasteiger partial charge on any atom is -0.502 e. The van der Waals surface area contributed by atoms with Crippen LogP contribution in [0.4, 0.5) is 13.2 Å². The number of aromatic hydroxyl groups is 1. The first-order valence-corrected chi connectivity index (χ1v) is 4.89. The van der Waals surface area contributed by atoms with Gasteiger partial charge in [-0.3, -0.25) is 0 Å². The van der Waals surface area contributed by atoms with Gasteiger partial charge in [-0.2, -0.15) is 13.2 Å². The van der Waals surface area contributed by atoms with Crippen LogP contribution in [0, 0.1) is 0 Å². The monoisotopic (exact) mass is 266 g/mol. The first-order valence-electron chi connectivity index (χ1n) is 4.89. The Kier molecular flexibility index (Phi) is 3.66. The Morgan fingerprint density at radius 3 is 1.72 bits per heavy atom. The van der Waals surface area contributed by atoms with E-state index in [4.69, 9.17) is 9.47 Å². The summed E-state index contributed by atoms with van der Waals surface area (Å²) in [6.45, 7) is 0.609. The Morgan fingerprint density at radius 2 is 1.44 bits per heavy atom. The molecule has 1 rings (SSSR count). The maximum Gasteiger partial charge on any atom is 0.421 e. The van der Waals surface area contributed by atoms with Crippen LogP contribution in [-0.4, -0.2) is 30.6 Å². The van der Waals surface area contributed by atoms with E-state index in [1.807, 2.05) is 0 Å². The van der Waals surface area contributed by atoms with Gasteiger partial charge in [0.2, 0.25) is 5.75 Å². The standard InChI is InChI=1S/C11H13F3O4/c1-10(16,11(12,13)14)6-4-7(17-2)9(15)8(5-6)18-3/h4-5,15-16H,1-3H3. The van der Waals surface area contributed by atoms with Gasteiger partial charge in [0.05, 0.1) is 14.2 Å². The second-order valence-electron chi connectivity index (χ2n) is 3.80. The SMILES string of the molecule is COc1cc(C(C)(O)C(F)(F)F)cc(OC)c1O. The van der Waals surface area contributed by atoms with Crippen molar-refractivity contribution in [2.24, 2.45) is 0 Å². The van der Waals surface area contributed by atoms with Gasteiger partial charge < -0.3 is 19.7 Å². The average Bonchev–Trinajstić information content (AvgIpc) is 2.27. The molecule has 1 aromatic rings. The molecule has 18 heavy (non-hydrogen) atoms. The highest BCUT2D eigenvalue weighted by atomic mass is 19.4. The van der Waals surface area contributed by atoms with Crippen LogP contribution in [0.1, 0.15) is 12.5 Å². The summed E-state index contributed by atoms with van der Waals surface area (Å²) in [6.07, 6.45) is -4.86. The summed E-state index contributed by atoms with van der Waals surface area (Å²) in [6, 6.07) is 1.82. The summed E-state index contributed by atoms with van der Waals surface area (Å²) in [5.41, 5.74) is -3.55. The Bertz CT molecular complexity index is 415. The summed E-state index contributed by atoms with van der Waals surface area (Å²) >= 11 is 0. The first-order chi connectivity index (χ1) is 8.15. The third-order valence-electron chi connectivity index (χ3n) is 2.59. The lowest BCUT2D eigenvalue weighted by Gasteiger charge is -2.27. The molecule has 1 aromatic carbocycles. The molecule has 2 N–H and O–H groups in total. The van der Waals surface area contributed by atoms with E-state index in [9.17, 15) is 23.4 Å². The van der Waals surface area contributed by atoms with Crippen LogP contribution in [0.3, 0.4) is 0 Å². The van der Waals surface area contributed by atoms with Gasteiger partial charge in [-0.15, -0.1) is 0 Å². The van der Waals surface area contributed by atoms with Crippen LogP contribution in [0.5, 0.6) is 17.2 Å². The van der Waals surface area contributed by atoms with E-state index in [0.717, 1.165) is 12.1 Å². The zero-order valence-corrected chi connectivity index (χ0v) is 10.00. The summed E-state index contributed by atoms with van der Waals surface area (Å²) in [4.78, 5) is 0. The lowest BCUT2D eigenvalue weighted by molar-refractivity contribution is -0.258. The van der Waals surface area contributed by atoms with Gasteiger partial charge in [-0.25, -0.2) is 0 Å². The fourth-order valence-corrected chi connectivity index (χ4v) is 1.34. The van der Waals surface area contributed by atoms with Gasteiger partial charge in [-0.1, -0.05) is 0 Å². The van der Waals surface area contributed by atoms with Crippen molar-refractivity contribution in [1.82, 2.24) is 0 Å². The second-order valence-corrected chi connectivity index (χ2v) is 3.80. The number of hydrogen-bond donors (Lipinski definition) is 2. The van der Waals surface area contributed by atoms with E-state index in [1.54, 1.807) is 0 Å². The highest BCUT2D eigenvalue weighted by Crippen LogP contribution is 2.44. The van der Waals surface area contributed by atoms with Crippen LogP contribution < -0.4 is 9.47 Å². The van der Waals surface area contributed by atoms with E-state index in [1.165, 1.54) is 14.2 Å². The Hall–Kier alpha value is -1.63. The van der Waals surface area contributed by atoms with Gasteiger partial charge >= 0.3 is 6.18 Å². The second kappa shape index (κ2) is 4.56. The molecule has 0 amide bonds. The predicted molar refractivity (Wildman–Crippen MR) is 56.8 cm³/mol. The number of aliphatic hydroxyl groups is 1. The zero-order valence-electron chi connectivity index (χ0n) is 10.00. The number of halogens is 3. The van der Waals surface area contributed by atoms with Crippen molar-refractivity contribution in [2.75, 3.05) is 14.2 Å². The Morgan fingerprint density at radius 1 is 1.06 bits per heavy atom. The number of phenols is 1. The van der Waals surface area contributed by atoms with Crippen molar-refractivity contribution in [1.29, 1.82) is 0 Å². The fraction of sp³-hybridized carbons (Fsp3) is 0.455. The molecule has 0 spiro atoms. The van der Waals surface area contributed by atoms with Crippen molar-refractivity contribution < 1.29 is 32.9 Å². The number of alkyl halides is 3. The number of benzene rings is 1. The molecule has 0 aromatic heterocycles. The lowest BCUT2D eigenvalue weighted by Crippen LogP contribution is -2.39. The molecule has 0 saturated carbocycles. The van der Waals surface area contributed by atoms with Crippen molar-refractivity contribution in [2.45, 2.75) is 18.7 Å². The van der Waals surface area contributed by atoms with Crippen LogP contribution in [0.15, 0.2) is 12.1 Å². The van der Waals surface area contributed by atoms with Crippen molar-refractivity contribution in [3.05, 3.63) is 17.7 Å². The molecule has 0 bridgehead atoms. The maximum atomic E-state index is 12.7. The molecule has 1 atom stereocenters. The molecular formula is C11H13F3O4. The number of rotatable bonds is 3. The van der Waals surface area contributed by atoms with E-state index >= 15 is 0 Å². The third-order valence-corrected chi connectivity index (χ3v) is 2.59. The molecule has 0 aliphatic heterocycles. The molecule has 0 radical (unpaired) electrons. The smallest absolute Gasteiger partial charge is 0.421 e.